The van der Waals surface area contributed by atoms with E-state index in [1.807, 2.05) is 23.1 Å². The lowest BCUT2D eigenvalue weighted by Crippen LogP contribution is -2.48. The largest absolute Gasteiger partial charge is 0.473 e. The summed E-state index contributed by atoms with van der Waals surface area (Å²) in [6.07, 6.45) is 2.09. The number of fused-ring (bicyclic) bond motifs is 1. The molecule has 1 aliphatic heterocycles. The Hall–Kier alpha value is -3.36. The molecule has 162 valence electrons. The van der Waals surface area contributed by atoms with Crippen molar-refractivity contribution < 1.29 is 24.6 Å². The number of carboxylic acids is 2. The van der Waals surface area contributed by atoms with Crippen LogP contribution >= 0.6 is 11.6 Å². The number of H-pyrrole nitrogens is 1. The number of amides is 1. The van der Waals surface area contributed by atoms with Gasteiger partial charge >= 0.3 is 11.9 Å². The molecule has 1 aromatic heterocycles. The van der Waals surface area contributed by atoms with E-state index < -0.39 is 11.9 Å². The molecule has 1 fully saturated rings. The number of aromatic amines is 1. The summed E-state index contributed by atoms with van der Waals surface area (Å²) >= 11 is 6.00. The number of nitrogens with one attached hydrogen (secondary N) is 1. The number of rotatable bonds is 3. The molecule has 0 atom stereocenters. The van der Waals surface area contributed by atoms with Crippen molar-refractivity contribution >= 4 is 40.3 Å². The minimum absolute atomic E-state index is 0.0641. The van der Waals surface area contributed by atoms with Gasteiger partial charge in [-0.15, -0.1) is 0 Å². The minimum atomic E-state index is -1.82. The van der Waals surface area contributed by atoms with Crippen molar-refractivity contribution in [1.82, 2.24) is 14.8 Å². The second kappa shape index (κ2) is 10.1. The molecule has 2 heterocycles. The minimum Gasteiger partial charge on any atom is -0.473 e. The normalized spacial score (nSPS) is 14.0. The third kappa shape index (κ3) is 5.84. The summed E-state index contributed by atoms with van der Waals surface area (Å²) < 4.78 is 0. The molecule has 9 heteroatoms. The number of hydrogen-bond donors (Lipinski definition) is 3. The van der Waals surface area contributed by atoms with E-state index >= 15 is 0 Å². The first-order chi connectivity index (χ1) is 14.8. The smallest absolute Gasteiger partial charge is 0.414 e. The highest BCUT2D eigenvalue weighted by molar-refractivity contribution is 6.31. The summed E-state index contributed by atoms with van der Waals surface area (Å²) in [5, 5.41) is 16.7. The maximum absolute atomic E-state index is 12.6. The highest BCUT2D eigenvalue weighted by atomic mass is 35.5. The first kappa shape index (κ1) is 22.3. The molecule has 1 aliphatic rings. The van der Waals surface area contributed by atoms with E-state index in [2.05, 4.69) is 34.3 Å². The summed E-state index contributed by atoms with van der Waals surface area (Å²) in [5.41, 5.74) is 3.15. The summed E-state index contributed by atoms with van der Waals surface area (Å²) in [6, 6.07) is 15.5. The molecule has 4 rings (SSSR count). The topological polar surface area (TPSA) is 114 Å². The van der Waals surface area contributed by atoms with Crippen LogP contribution in [0.2, 0.25) is 5.02 Å². The highest BCUT2D eigenvalue weighted by Gasteiger charge is 2.22. The maximum Gasteiger partial charge on any atom is 0.414 e. The monoisotopic (exact) mass is 443 g/mol. The lowest BCUT2D eigenvalue weighted by Gasteiger charge is -2.34. The first-order valence-corrected chi connectivity index (χ1v) is 10.0. The number of halogens is 1. The van der Waals surface area contributed by atoms with Crippen LogP contribution in [0.3, 0.4) is 0 Å². The SMILES string of the molecule is O=C(O)C(=O)O.O=C(c1cccc(Cl)c1)N1CCN(Cc2c[nH]c3ccccc23)CC1. The molecule has 0 radical (unpaired) electrons. The van der Waals surface area contributed by atoms with Crippen LogP contribution in [-0.4, -0.2) is 69.0 Å². The Balaban J connectivity index is 0.000000401. The molecule has 8 nitrogen and oxygen atoms in total. The van der Waals surface area contributed by atoms with Gasteiger partial charge in [-0.3, -0.25) is 9.69 Å². The van der Waals surface area contributed by atoms with Gasteiger partial charge < -0.3 is 20.1 Å². The van der Waals surface area contributed by atoms with E-state index in [0.717, 1.165) is 32.7 Å². The van der Waals surface area contributed by atoms with Gasteiger partial charge in [0.1, 0.15) is 0 Å². The molecule has 1 amide bonds. The standard InChI is InChI=1S/C20H20ClN3O.C2H2O4/c21-17-5-3-4-15(12-17)20(25)24-10-8-23(9-11-24)14-16-13-22-19-7-2-1-6-18(16)19;3-1(4)2(5)6/h1-7,12-13,22H,8-11,14H2;(H,3,4)(H,5,6). The van der Waals surface area contributed by atoms with Crippen LogP contribution in [-0.2, 0) is 16.1 Å². The van der Waals surface area contributed by atoms with Crippen LogP contribution in [0.4, 0.5) is 0 Å². The van der Waals surface area contributed by atoms with Gasteiger partial charge in [-0.05, 0) is 29.8 Å². The molecule has 0 aliphatic carbocycles. The van der Waals surface area contributed by atoms with Gasteiger partial charge in [0, 0.05) is 60.4 Å². The highest BCUT2D eigenvalue weighted by Crippen LogP contribution is 2.20. The van der Waals surface area contributed by atoms with Crippen molar-refractivity contribution in [2.45, 2.75) is 6.54 Å². The van der Waals surface area contributed by atoms with E-state index in [0.29, 0.717) is 10.6 Å². The quantitative estimate of drug-likeness (QED) is 0.536. The zero-order valence-electron chi connectivity index (χ0n) is 16.6. The Bertz CT molecular complexity index is 1080. The number of nitrogens with zero attached hydrogens (tertiary/aromatic N) is 2. The Kier molecular flexibility index (Phi) is 7.28. The van der Waals surface area contributed by atoms with Crippen molar-refractivity contribution in [2.24, 2.45) is 0 Å². The number of aliphatic carboxylic acids is 2. The van der Waals surface area contributed by atoms with E-state index in [4.69, 9.17) is 31.4 Å². The third-order valence-electron chi connectivity index (χ3n) is 4.98. The molecule has 31 heavy (non-hydrogen) atoms. The summed E-state index contributed by atoms with van der Waals surface area (Å²) in [6.45, 7) is 4.15. The molecule has 1 saturated heterocycles. The van der Waals surface area contributed by atoms with Crippen LogP contribution in [0.15, 0.2) is 54.7 Å². The predicted molar refractivity (Wildman–Crippen MR) is 116 cm³/mol. The van der Waals surface area contributed by atoms with Gasteiger partial charge in [-0.1, -0.05) is 35.9 Å². The second-order valence-corrected chi connectivity index (χ2v) is 7.48. The van der Waals surface area contributed by atoms with Crippen molar-refractivity contribution in [1.29, 1.82) is 0 Å². The lowest BCUT2D eigenvalue weighted by molar-refractivity contribution is -0.159. The van der Waals surface area contributed by atoms with Gasteiger partial charge in [-0.25, -0.2) is 9.59 Å². The number of hydrogen-bond acceptors (Lipinski definition) is 4. The van der Waals surface area contributed by atoms with Crippen molar-refractivity contribution in [3.63, 3.8) is 0 Å². The number of carbonyl (C=O) groups is 3. The van der Waals surface area contributed by atoms with Crippen molar-refractivity contribution in [3.8, 4) is 0 Å². The molecule has 0 bridgehead atoms. The van der Waals surface area contributed by atoms with E-state index in [9.17, 15) is 4.79 Å². The zero-order valence-corrected chi connectivity index (χ0v) is 17.4. The Labute approximate surface area is 183 Å². The molecule has 3 aromatic rings. The third-order valence-corrected chi connectivity index (χ3v) is 5.22. The number of para-hydroxylation sites is 1. The average Bonchev–Trinajstić information content (AvgIpc) is 3.17. The van der Waals surface area contributed by atoms with Crippen molar-refractivity contribution in [2.75, 3.05) is 26.2 Å². The zero-order chi connectivity index (χ0) is 22.4. The molecule has 2 aromatic carbocycles. The van der Waals surface area contributed by atoms with Gasteiger partial charge in [0.25, 0.3) is 5.91 Å². The molecule has 0 unspecified atom stereocenters. The van der Waals surface area contributed by atoms with Crippen LogP contribution in [0.25, 0.3) is 10.9 Å². The fourth-order valence-electron chi connectivity index (χ4n) is 3.42. The number of carboxylic acid groups (broad SMARTS) is 2. The molecule has 3 N–H and O–H groups in total. The Morgan fingerprint density at radius 3 is 2.26 bits per heavy atom. The number of carbonyl (C=O) groups excluding carboxylic acids is 1. The fraction of sp³-hybridized carbons (Fsp3) is 0.227. The fourth-order valence-corrected chi connectivity index (χ4v) is 3.61. The molecule has 0 spiro atoms. The van der Waals surface area contributed by atoms with Crippen LogP contribution < -0.4 is 0 Å². The summed E-state index contributed by atoms with van der Waals surface area (Å²) in [5.74, 6) is -3.58. The van der Waals surface area contributed by atoms with Crippen LogP contribution in [0.1, 0.15) is 15.9 Å². The molecule has 0 saturated carbocycles. The van der Waals surface area contributed by atoms with E-state index in [1.54, 1.807) is 12.1 Å². The van der Waals surface area contributed by atoms with Crippen LogP contribution in [0, 0.1) is 0 Å². The Morgan fingerprint density at radius 2 is 1.61 bits per heavy atom. The average molecular weight is 444 g/mol. The van der Waals surface area contributed by atoms with Crippen molar-refractivity contribution in [3.05, 3.63) is 70.9 Å². The van der Waals surface area contributed by atoms with Gasteiger partial charge in [0.05, 0.1) is 0 Å². The molecular formula is C22H22ClN3O5. The Morgan fingerprint density at radius 1 is 0.935 bits per heavy atom. The number of piperazine rings is 1. The van der Waals surface area contributed by atoms with E-state index in [1.165, 1.54) is 16.5 Å². The summed E-state index contributed by atoms with van der Waals surface area (Å²) in [7, 11) is 0. The first-order valence-electron chi connectivity index (χ1n) is 9.63. The second-order valence-electron chi connectivity index (χ2n) is 7.05. The van der Waals surface area contributed by atoms with Crippen LogP contribution in [0.5, 0.6) is 0 Å². The predicted octanol–water partition coefficient (Wildman–Crippen LogP) is 2.93. The van der Waals surface area contributed by atoms with Gasteiger partial charge in [0.2, 0.25) is 0 Å². The number of aromatic nitrogens is 1. The molecular weight excluding hydrogens is 422 g/mol. The lowest BCUT2D eigenvalue weighted by atomic mass is 10.1. The van der Waals surface area contributed by atoms with E-state index in [-0.39, 0.29) is 5.91 Å². The summed E-state index contributed by atoms with van der Waals surface area (Å²) in [4.78, 5) is 38.4. The van der Waals surface area contributed by atoms with Gasteiger partial charge in [-0.2, -0.15) is 0 Å². The van der Waals surface area contributed by atoms with Gasteiger partial charge in [0.15, 0.2) is 0 Å². The maximum atomic E-state index is 12.6. The number of benzene rings is 2.